The lowest BCUT2D eigenvalue weighted by molar-refractivity contribution is 0.660. The van der Waals surface area contributed by atoms with Crippen LogP contribution in [0, 0.1) is 0 Å². The zero-order valence-corrected chi connectivity index (χ0v) is 35.2. The summed E-state index contributed by atoms with van der Waals surface area (Å²) in [4.78, 5) is 2.50. The minimum absolute atomic E-state index is 0.145. The van der Waals surface area contributed by atoms with Gasteiger partial charge >= 0.3 is 0 Å². The Bertz CT molecular complexity index is 3100. The highest BCUT2D eigenvalue weighted by molar-refractivity contribution is 6.00. The number of hydrogen-bond donors (Lipinski definition) is 0. The highest BCUT2D eigenvalue weighted by atomic mass is 15.1. The van der Waals surface area contributed by atoms with Crippen molar-refractivity contribution < 1.29 is 0 Å². The van der Waals surface area contributed by atoms with Crippen molar-refractivity contribution in [2.45, 2.75) is 38.5 Å². The van der Waals surface area contributed by atoms with Crippen molar-refractivity contribution in [1.29, 1.82) is 0 Å². The molecule has 0 saturated heterocycles. The summed E-state index contributed by atoms with van der Waals surface area (Å²) in [5, 5.41) is 0. The van der Waals surface area contributed by atoms with Crippen LogP contribution in [0.2, 0.25) is 0 Å². The smallest absolute Gasteiger partial charge is 0.0546 e. The van der Waals surface area contributed by atoms with E-state index in [-0.39, 0.29) is 10.8 Å². The normalized spacial score (nSPS) is 13.8. The molecule has 0 N–H and O–H groups in total. The first-order valence-corrected chi connectivity index (χ1v) is 21.5. The van der Waals surface area contributed by atoms with Gasteiger partial charge < -0.3 is 4.90 Å². The molecule has 0 saturated carbocycles. The predicted octanol–water partition coefficient (Wildman–Crippen LogP) is 16.4. The van der Waals surface area contributed by atoms with E-state index < -0.39 is 0 Å². The van der Waals surface area contributed by atoms with Crippen LogP contribution < -0.4 is 4.90 Å². The lowest BCUT2D eigenvalue weighted by Crippen LogP contribution is -2.17. The van der Waals surface area contributed by atoms with E-state index in [0.717, 1.165) is 17.1 Å². The lowest BCUT2D eigenvalue weighted by atomic mass is 9.77. The predicted molar refractivity (Wildman–Crippen MR) is 258 cm³/mol. The molecule has 1 nitrogen and oxygen atoms in total. The second-order valence-electron chi connectivity index (χ2n) is 17.7. The molecule has 0 spiro atoms. The van der Waals surface area contributed by atoms with E-state index in [1.807, 2.05) is 0 Å². The summed E-state index contributed by atoms with van der Waals surface area (Å²) in [7, 11) is 0. The number of nitrogens with zero attached hydrogens (tertiary/aromatic N) is 1. The molecule has 9 aromatic rings. The summed E-state index contributed by atoms with van der Waals surface area (Å²) in [6, 6.07) is 78.6. The number of rotatable bonds is 7. The van der Waals surface area contributed by atoms with Gasteiger partial charge in [0.25, 0.3) is 0 Å². The summed E-state index contributed by atoms with van der Waals surface area (Å²) in [6.07, 6.45) is 0. The molecule has 1 heteroatoms. The molecule has 2 aliphatic carbocycles. The average Bonchev–Trinajstić information content (AvgIpc) is 3.69. The second-order valence-corrected chi connectivity index (χ2v) is 17.7. The van der Waals surface area contributed by atoms with Gasteiger partial charge in [-0.3, -0.25) is 0 Å². The van der Waals surface area contributed by atoms with Gasteiger partial charge in [-0.1, -0.05) is 210 Å². The Morgan fingerprint density at radius 3 is 1.36 bits per heavy atom. The van der Waals surface area contributed by atoms with E-state index in [0.29, 0.717) is 0 Å². The van der Waals surface area contributed by atoms with Crippen LogP contribution in [0.3, 0.4) is 0 Å². The Labute approximate surface area is 360 Å². The van der Waals surface area contributed by atoms with Crippen LogP contribution in [0.5, 0.6) is 0 Å². The number of benzene rings is 9. The Morgan fingerprint density at radius 2 is 0.721 bits per heavy atom. The maximum absolute atomic E-state index is 2.50. The molecule has 9 aromatic carbocycles. The number of fused-ring (bicyclic) bond motifs is 6. The van der Waals surface area contributed by atoms with Gasteiger partial charge in [0.2, 0.25) is 0 Å². The SMILES string of the molecule is CC1(C)c2ccccc2-c2ccc(N(c3ccc(-c4ccccc4)cc3)c3cccc(-c4cccc5c4C(C)(C)c4ccccc4-5)c3-c3ccc(-c4ccccc4)cc3)cc21. The van der Waals surface area contributed by atoms with E-state index in [9.17, 15) is 0 Å². The molecular formula is C60H47N. The lowest BCUT2D eigenvalue weighted by Gasteiger charge is -2.32. The first-order chi connectivity index (χ1) is 29.8. The van der Waals surface area contributed by atoms with Gasteiger partial charge in [0.05, 0.1) is 5.69 Å². The molecule has 0 amide bonds. The van der Waals surface area contributed by atoms with Gasteiger partial charge in [-0.2, -0.15) is 0 Å². The quantitative estimate of drug-likeness (QED) is 0.156. The third kappa shape index (κ3) is 5.91. The summed E-state index contributed by atoms with van der Waals surface area (Å²) in [5.41, 5.74) is 23.5. The van der Waals surface area contributed by atoms with Crippen molar-refractivity contribution in [1.82, 2.24) is 0 Å². The molecule has 11 rings (SSSR count). The summed E-state index contributed by atoms with van der Waals surface area (Å²) >= 11 is 0. The molecule has 2 aliphatic rings. The standard InChI is InChI=1S/C60H47N/c1-59(2)53-26-13-11-21-47(53)49-38-37-46(39-55(49)59)61(45-35-33-43(34-36-45)41-19-9-6-10-20-41)56-28-16-23-50(57(56)44-31-29-42(30-32-44)40-17-7-5-8-18-40)52-25-15-24-51-48-22-12-14-27-54(48)60(3,4)58(51)52/h5-39H,1-4H3. The molecule has 0 bridgehead atoms. The Kier molecular flexibility index (Phi) is 8.58. The molecule has 61 heavy (non-hydrogen) atoms. The van der Waals surface area contributed by atoms with E-state index in [4.69, 9.17) is 0 Å². The van der Waals surface area contributed by atoms with Crippen LogP contribution >= 0.6 is 0 Å². The third-order valence-electron chi connectivity index (χ3n) is 13.5. The fourth-order valence-corrected chi connectivity index (χ4v) is 10.5. The van der Waals surface area contributed by atoms with Crippen LogP contribution in [0.25, 0.3) is 66.8 Å². The summed E-state index contributed by atoms with van der Waals surface area (Å²) < 4.78 is 0. The van der Waals surface area contributed by atoms with Crippen molar-refractivity contribution in [2.24, 2.45) is 0 Å². The Morgan fingerprint density at radius 1 is 0.295 bits per heavy atom. The number of hydrogen-bond acceptors (Lipinski definition) is 1. The average molecular weight is 782 g/mol. The highest BCUT2D eigenvalue weighted by Gasteiger charge is 2.39. The molecule has 0 fully saturated rings. The van der Waals surface area contributed by atoms with Crippen molar-refractivity contribution in [3.63, 3.8) is 0 Å². The fourth-order valence-electron chi connectivity index (χ4n) is 10.5. The highest BCUT2D eigenvalue weighted by Crippen LogP contribution is 2.56. The van der Waals surface area contributed by atoms with Gasteiger partial charge in [-0.05, 0) is 114 Å². The minimum atomic E-state index is -0.180. The minimum Gasteiger partial charge on any atom is -0.310 e. The Balaban J connectivity index is 1.17. The maximum Gasteiger partial charge on any atom is 0.0546 e. The molecular weight excluding hydrogens is 735 g/mol. The molecule has 0 heterocycles. The van der Waals surface area contributed by atoms with Crippen LogP contribution in [0.1, 0.15) is 49.9 Å². The molecule has 0 unspecified atom stereocenters. The zero-order chi connectivity index (χ0) is 41.3. The number of anilines is 3. The Hall–Kier alpha value is -7.22. The largest absolute Gasteiger partial charge is 0.310 e. The van der Waals surface area contributed by atoms with Crippen LogP contribution in [-0.2, 0) is 10.8 Å². The van der Waals surface area contributed by atoms with Crippen LogP contribution in [-0.4, -0.2) is 0 Å². The zero-order valence-electron chi connectivity index (χ0n) is 35.2. The third-order valence-corrected chi connectivity index (χ3v) is 13.5. The van der Waals surface area contributed by atoms with Crippen LogP contribution in [0.4, 0.5) is 17.1 Å². The second kappa shape index (κ2) is 14.2. The molecule has 0 aliphatic heterocycles. The topological polar surface area (TPSA) is 3.24 Å². The van der Waals surface area contributed by atoms with Gasteiger partial charge in [-0.25, -0.2) is 0 Å². The molecule has 292 valence electrons. The van der Waals surface area contributed by atoms with Crippen molar-refractivity contribution >= 4 is 17.1 Å². The summed E-state index contributed by atoms with van der Waals surface area (Å²) in [6.45, 7) is 9.53. The van der Waals surface area contributed by atoms with Crippen LogP contribution in [0.15, 0.2) is 212 Å². The van der Waals surface area contributed by atoms with Crippen molar-refractivity contribution in [3.8, 4) is 66.8 Å². The maximum atomic E-state index is 2.50. The van der Waals surface area contributed by atoms with Gasteiger partial charge in [0.15, 0.2) is 0 Å². The van der Waals surface area contributed by atoms with Gasteiger partial charge in [-0.15, -0.1) is 0 Å². The van der Waals surface area contributed by atoms with Crippen molar-refractivity contribution in [2.75, 3.05) is 4.90 Å². The summed E-state index contributed by atoms with van der Waals surface area (Å²) in [5.74, 6) is 0. The van der Waals surface area contributed by atoms with E-state index >= 15 is 0 Å². The van der Waals surface area contributed by atoms with Gasteiger partial charge in [0.1, 0.15) is 0 Å². The van der Waals surface area contributed by atoms with Gasteiger partial charge in [0, 0.05) is 27.8 Å². The first kappa shape index (κ1) is 36.8. The fraction of sp³-hybridized carbons (Fsp3) is 0.100. The molecule has 0 atom stereocenters. The molecule has 0 radical (unpaired) electrons. The molecule has 0 aromatic heterocycles. The van der Waals surface area contributed by atoms with E-state index in [1.54, 1.807) is 0 Å². The monoisotopic (exact) mass is 781 g/mol. The van der Waals surface area contributed by atoms with E-state index in [2.05, 4.69) is 245 Å². The van der Waals surface area contributed by atoms with Crippen molar-refractivity contribution in [3.05, 3.63) is 235 Å². The van der Waals surface area contributed by atoms with E-state index in [1.165, 1.54) is 89.0 Å². The first-order valence-electron chi connectivity index (χ1n) is 21.5.